The standard InChI is InChI=1S/C11H10F3NS/c12-11(13,14)10(15)5-7-6-16-9-4-2-1-3-8(7)9/h1-4,6,10H,5,15H2. The number of fused-ring (bicyclic) bond motifs is 1. The van der Waals surface area contributed by atoms with Gasteiger partial charge in [-0.25, -0.2) is 0 Å². The monoisotopic (exact) mass is 245 g/mol. The molecule has 0 aliphatic carbocycles. The van der Waals surface area contributed by atoms with Gasteiger partial charge in [0.2, 0.25) is 0 Å². The highest BCUT2D eigenvalue weighted by molar-refractivity contribution is 7.17. The highest BCUT2D eigenvalue weighted by Crippen LogP contribution is 2.29. The Morgan fingerprint density at radius 1 is 1.25 bits per heavy atom. The molecule has 1 atom stereocenters. The lowest BCUT2D eigenvalue weighted by Crippen LogP contribution is -2.38. The molecular weight excluding hydrogens is 235 g/mol. The third-order valence-corrected chi connectivity index (χ3v) is 3.43. The lowest BCUT2D eigenvalue weighted by molar-refractivity contribution is -0.147. The summed E-state index contributed by atoms with van der Waals surface area (Å²) in [5.41, 5.74) is 5.78. The van der Waals surface area contributed by atoms with Crippen LogP contribution in [0.5, 0.6) is 0 Å². The number of thiophene rings is 1. The second kappa shape index (κ2) is 4.07. The number of benzene rings is 1. The van der Waals surface area contributed by atoms with Gasteiger partial charge in [0.05, 0.1) is 0 Å². The maximum Gasteiger partial charge on any atom is 0.403 e. The molecule has 1 aromatic heterocycles. The van der Waals surface area contributed by atoms with Crippen LogP contribution in [-0.4, -0.2) is 12.2 Å². The fraction of sp³-hybridized carbons (Fsp3) is 0.273. The van der Waals surface area contributed by atoms with Crippen LogP contribution in [0.25, 0.3) is 10.1 Å². The highest BCUT2D eigenvalue weighted by Gasteiger charge is 2.36. The largest absolute Gasteiger partial charge is 0.403 e. The molecule has 0 saturated carbocycles. The predicted molar refractivity (Wildman–Crippen MR) is 59.6 cm³/mol. The van der Waals surface area contributed by atoms with Crippen LogP contribution in [0.1, 0.15) is 5.56 Å². The molecule has 0 saturated heterocycles. The van der Waals surface area contributed by atoms with Gasteiger partial charge in [-0.15, -0.1) is 11.3 Å². The Balaban J connectivity index is 2.28. The quantitative estimate of drug-likeness (QED) is 0.862. The summed E-state index contributed by atoms with van der Waals surface area (Å²) in [5.74, 6) is 0. The molecule has 16 heavy (non-hydrogen) atoms. The average Bonchev–Trinajstić information content (AvgIpc) is 2.61. The van der Waals surface area contributed by atoms with Crippen molar-refractivity contribution >= 4 is 21.4 Å². The minimum atomic E-state index is -4.33. The summed E-state index contributed by atoms with van der Waals surface area (Å²) < 4.78 is 38.0. The van der Waals surface area contributed by atoms with Crippen molar-refractivity contribution in [2.75, 3.05) is 0 Å². The lowest BCUT2D eigenvalue weighted by atomic mass is 10.1. The third kappa shape index (κ3) is 2.20. The molecule has 0 fully saturated rings. The summed E-state index contributed by atoms with van der Waals surface area (Å²) in [5, 5.41) is 2.61. The van der Waals surface area contributed by atoms with Gasteiger partial charge in [0.15, 0.2) is 0 Å². The molecule has 1 heterocycles. The lowest BCUT2D eigenvalue weighted by Gasteiger charge is -2.14. The van der Waals surface area contributed by atoms with E-state index < -0.39 is 12.2 Å². The molecule has 0 bridgehead atoms. The Labute approximate surface area is 94.7 Å². The van der Waals surface area contributed by atoms with Crippen molar-refractivity contribution in [3.05, 3.63) is 35.2 Å². The van der Waals surface area contributed by atoms with Gasteiger partial charge in [0, 0.05) is 4.70 Å². The first kappa shape index (κ1) is 11.4. The van der Waals surface area contributed by atoms with Gasteiger partial charge < -0.3 is 5.73 Å². The van der Waals surface area contributed by atoms with E-state index in [4.69, 9.17) is 5.73 Å². The van der Waals surface area contributed by atoms with Gasteiger partial charge in [-0.1, -0.05) is 18.2 Å². The van der Waals surface area contributed by atoms with Gasteiger partial charge in [-0.05, 0) is 28.8 Å². The molecule has 0 aliphatic heterocycles. The van der Waals surface area contributed by atoms with E-state index in [0.29, 0.717) is 5.56 Å². The topological polar surface area (TPSA) is 26.0 Å². The number of rotatable bonds is 2. The van der Waals surface area contributed by atoms with Gasteiger partial charge in [0.25, 0.3) is 0 Å². The van der Waals surface area contributed by atoms with Gasteiger partial charge in [0.1, 0.15) is 6.04 Å². The zero-order valence-corrected chi connectivity index (χ0v) is 9.11. The molecule has 2 aromatic rings. The van der Waals surface area contributed by atoms with E-state index in [0.717, 1.165) is 10.1 Å². The van der Waals surface area contributed by atoms with Gasteiger partial charge in [-0.2, -0.15) is 13.2 Å². The minimum Gasteiger partial charge on any atom is -0.320 e. The summed E-state index contributed by atoms with van der Waals surface area (Å²) in [7, 11) is 0. The van der Waals surface area contributed by atoms with Crippen LogP contribution in [0.2, 0.25) is 0 Å². The molecule has 0 radical (unpaired) electrons. The number of alkyl halides is 3. The molecule has 1 unspecified atom stereocenters. The Kier molecular flexibility index (Phi) is 2.90. The first-order valence-electron chi connectivity index (χ1n) is 4.76. The highest BCUT2D eigenvalue weighted by atomic mass is 32.1. The second-order valence-corrected chi connectivity index (χ2v) is 4.52. The maximum absolute atomic E-state index is 12.3. The molecular formula is C11H10F3NS. The molecule has 0 spiro atoms. The van der Waals surface area contributed by atoms with E-state index >= 15 is 0 Å². The maximum atomic E-state index is 12.3. The molecule has 2 rings (SSSR count). The average molecular weight is 245 g/mol. The van der Waals surface area contributed by atoms with Crippen molar-refractivity contribution in [2.45, 2.75) is 18.6 Å². The third-order valence-electron chi connectivity index (χ3n) is 2.42. The van der Waals surface area contributed by atoms with Crippen LogP contribution in [0, 0.1) is 0 Å². The van der Waals surface area contributed by atoms with Crippen LogP contribution in [0.4, 0.5) is 13.2 Å². The molecule has 1 nitrogen and oxygen atoms in total. The van der Waals surface area contributed by atoms with E-state index in [1.165, 1.54) is 11.3 Å². The predicted octanol–water partition coefficient (Wildman–Crippen LogP) is 3.33. The molecule has 5 heteroatoms. The van der Waals surface area contributed by atoms with Crippen molar-refractivity contribution in [3.8, 4) is 0 Å². The first-order valence-corrected chi connectivity index (χ1v) is 5.64. The summed E-state index contributed by atoms with van der Waals surface area (Å²) in [6, 6.07) is 5.61. The number of hydrogen-bond acceptors (Lipinski definition) is 2. The van der Waals surface area contributed by atoms with Crippen molar-refractivity contribution in [2.24, 2.45) is 5.73 Å². The SMILES string of the molecule is NC(Cc1csc2ccccc12)C(F)(F)F. The van der Waals surface area contributed by atoms with Crippen LogP contribution in [0.3, 0.4) is 0 Å². The summed E-state index contributed by atoms with van der Waals surface area (Å²) in [6.07, 6.45) is -4.49. The number of hydrogen-bond donors (Lipinski definition) is 1. The Morgan fingerprint density at radius 2 is 1.94 bits per heavy atom. The fourth-order valence-corrected chi connectivity index (χ4v) is 2.52. The van der Waals surface area contributed by atoms with E-state index in [1.807, 2.05) is 24.3 Å². The first-order chi connectivity index (χ1) is 7.48. The Bertz CT molecular complexity index is 489. The Hall–Kier alpha value is -1.07. The molecule has 0 amide bonds. The van der Waals surface area contributed by atoms with E-state index in [9.17, 15) is 13.2 Å². The minimum absolute atomic E-state index is 0.159. The number of halogens is 3. The smallest absolute Gasteiger partial charge is 0.320 e. The van der Waals surface area contributed by atoms with Gasteiger partial charge >= 0.3 is 6.18 Å². The molecule has 86 valence electrons. The van der Waals surface area contributed by atoms with Crippen LogP contribution in [0.15, 0.2) is 29.6 Å². The van der Waals surface area contributed by atoms with Crippen LogP contribution < -0.4 is 5.73 Å². The van der Waals surface area contributed by atoms with E-state index in [2.05, 4.69) is 0 Å². The fourth-order valence-electron chi connectivity index (χ4n) is 1.54. The summed E-state index contributed by atoms with van der Waals surface area (Å²) in [4.78, 5) is 0. The molecule has 0 aliphatic rings. The van der Waals surface area contributed by atoms with Gasteiger partial charge in [-0.3, -0.25) is 0 Å². The summed E-state index contributed by atoms with van der Waals surface area (Å²) >= 11 is 1.44. The van der Waals surface area contributed by atoms with E-state index in [-0.39, 0.29) is 6.42 Å². The van der Waals surface area contributed by atoms with Crippen molar-refractivity contribution in [3.63, 3.8) is 0 Å². The van der Waals surface area contributed by atoms with Crippen molar-refractivity contribution in [1.29, 1.82) is 0 Å². The Morgan fingerprint density at radius 3 is 2.62 bits per heavy atom. The van der Waals surface area contributed by atoms with Crippen LogP contribution in [-0.2, 0) is 6.42 Å². The number of nitrogens with two attached hydrogens (primary N) is 1. The van der Waals surface area contributed by atoms with Crippen LogP contribution >= 0.6 is 11.3 Å². The zero-order valence-electron chi connectivity index (χ0n) is 8.29. The molecule has 1 aromatic carbocycles. The van der Waals surface area contributed by atoms with E-state index in [1.54, 1.807) is 5.38 Å². The summed E-state index contributed by atoms with van der Waals surface area (Å²) in [6.45, 7) is 0. The normalized spacial score (nSPS) is 14.2. The second-order valence-electron chi connectivity index (χ2n) is 3.61. The van der Waals surface area contributed by atoms with Crippen molar-refractivity contribution < 1.29 is 13.2 Å². The molecule has 2 N–H and O–H groups in total. The zero-order chi connectivity index (χ0) is 11.8. The van der Waals surface area contributed by atoms with Crippen molar-refractivity contribution in [1.82, 2.24) is 0 Å².